The summed E-state index contributed by atoms with van der Waals surface area (Å²) in [6, 6.07) is 0. The molecule has 0 N–H and O–H groups in total. The van der Waals surface area contributed by atoms with Gasteiger partial charge >= 0.3 is 11.9 Å². The van der Waals surface area contributed by atoms with Crippen molar-refractivity contribution in [2.45, 2.75) is 245 Å². The number of quaternary nitrogens is 1. The van der Waals surface area contributed by atoms with Gasteiger partial charge in [-0.2, -0.15) is 0 Å². The van der Waals surface area contributed by atoms with E-state index in [1.165, 1.54) is 89.9 Å². The third kappa shape index (κ3) is 60.9. The van der Waals surface area contributed by atoms with Crippen LogP contribution in [0.25, 0.3) is 0 Å². The minimum absolute atomic E-state index is 0.135. The van der Waals surface area contributed by atoms with Crippen LogP contribution in [-0.4, -0.2) is 82.3 Å². The van der Waals surface area contributed by atoms with E-state index in [0.717, 1.165) is 109 Å². The first-order valence-electron chi connectivity index (χ1n) is 31.3. The molecule has 0 rings (SSSR count). The number of likely N-dealkylation sites (N-methyl/N-ethyl adjacent to an activating group) is 1. The normalized spacial score (nSPS) is 13.7. The Bertz CT molecular complexity index is 1750. The van der Waals surface area contributed by atoms with Crippen LogP contribution in [0.4, 0.5) is 0 Å². The highest BCUT2D eigenvalue weighted by Gasteiger charge is 2.22. The van der Waals surface area contributed by atoms with Crippen molar-refractivity contribution < 1.29 is 42.9 Å². The van der Waals surface area contributed by atoms with Crippen LogP contribution in [0.5, 0.6) is 0 Å². The van der Waals surface area contributed by atoms with E-state index in [2.05, 4.69) is 148 Å². The molecule has 448 valence electrons. The van der Waals surface area contributed by atoms with Crippen molar-refractivity contribution in [1.29, 1.82) is 0 Å². The first kappa shape index (κ1) is 74.4. The molecule has 0 amide bonds. The van der Waals surface area contributed by atoms with E-state index < -0.39 is 24.3 Å². The molecule has 0 fully saturated rings. The topological polar surface area (TPSA) is 111 Å². The molecule has 0 bridgehead atoms. The third-order valence-electron chi connectivity index (χ3n) is 12.9. The second kappa shape index (κ2) is 59.5. The van der Waals surface area contributed by atoms with E-state index in [0.29, 0.717) is 17.4 Å². The predicted molar refractivity (Wildman–Crippen MR) is 333 cm³/mol. The van der Waals surface area contributed by atoms with Crippen LogP contribution in [0.3, 0.4) is 0 Å². The Labute approximate surface area is 484 Å². The molecule has 9 nitrogen and oxygen atoms in total. The van der Waals surface area contributed by atoms with Crippen LogP contribution >= 0.6 is 0 Å². The van der Waals surface area contributed by atoms with E-state index >= 15 is 0 Å². The zero-order chi connectivity index (χ0) is 57.6. The lowest BCUT2D eigenvalue weighted by Crippen LogP contribution is -2.44. The molecule has 0 aliphatic rings. The van der Waals surface area contributed by atoms with Crippen LogP contribution in [0, 0.1) is 0 Å². The average Bonchev–Trinajstić information content (AvgIpc) is 3.42. The van der Waals surface area contributed by atoms with Crippen molar-refractivity contribution >= 4 is 17.9 Å². The van der Waals surface area contributed by atoms with Crippen LogP contribution in [0.15, 0.2) is 134 Å². The summed E-state index contributed by atoms with van der Waals surface area (Å²) in [6.07, 6.45) is 82.2. The lowest BCUT2D eigenvalue weighted by atomic mass is 10.1. The number of unbranched alkanes of at least 4 members (excludes halogenated alkanes) is 19. The standard InChI is InChI=1S/C70H115NO8/c1-6-8-10-12-14-16-18-20-22-24-26-27-28-29-30-31-32-33-34-35-36-37-38-39-40-41-43-45-47-49-51-53-55-57-59-61-68(73)79-66(65-78-70(69(74)75)76-63-62-71(3,4)5)64-77-67(72)60-58-56-54-52-50-48-46-44-42-25-23-21-19-17-15-13-11-9-7-2/h8,10,14,16,20-23,26-27,29-30,32-33,35-36,38-39,41,43,47,49,66,70H,6-7,9,11-13,15,17-19,24-25,28,31,34,37,40,42,44-46,48,50-65H2,1-5H3/b10-8-,16-14-,22-20-,23-21-,27-26-,30-29-,33-32-,36-35-,39-38-,43-41-,49-47-. The molecule has 0 aliphatic heterocycles. The smallest absolute Gasteiger partial charge is 0.306 e. The highest BCUT2D eigenvalue weighted by Crippen LogP contribution is 2.14. The summed E-state index contributed by atoms with van der Waals surface area (Å²) in [7, 11) is 5.90. The number of ether oxygens (including phenoxy) is 4. The highest BCUT2D eigenvalue weighted by molar-refractivity contribution is 5.70. The van der Waals surface area contributed by atoms with Gasteiger partial charge < -0.3 is 33.3 Å². The van der Waals surface area contributed by atoms with Crippen molar-refractivity contribution in [2.75, 3.05) is 47.5 Å². The first-order chi connectivity index (χ1) is 38.6. The number of carbonyl (C=O) groups is 3. The van der Waals surface area contributed by atoms with Crippen LogP contribution in [-0.2, 0) is 33.3 Å². The van der Waals surface area contributed by atoms with Crippen molar-refractivity contribution in [3.05, 3.63) is 134 Å². The van der Waals surface area contributed by atoms with Gasteiger partial charge in [-0.15, -0.1) is 0 Å². The van der Waals surface area contributed by atoms with Gasteiger partial charge in [0.15, 0.2) is 12.4 Å². The summed E-state index contributed by atoms with van der Waals surface area (Å²) in [6.45, 7) is 4.59. The van der Waals surface area contributed by atoms with E-state index in [4.69, 9.17) is 18.9 Å². The van der Waals surface area contributed by atoms with Gasteiger partial charge in [-0.25, -0.2) is 0 Å². The molecule has 0 spiro atoms. The zero-order valence-corrected chi connectivity index (χ0v) is 50.9. The molecule has 0 aromatic heterocycles. The SMILES string of the molecule is CC/C=C\C/C=C\C/C=C\C/C=C\C/C=C\C/C=C\C/C=C\C/C=C\C/C=C\C/C=C\CCCCCCC(=O)OC(COC(=O)CCCCCCCCCCC/C=C\CCCCCCCC)COC(OCC[N+](C)(C)C)C(=O)[O-]. The van der Waals surface area contributed by atoms with Crippen LogP contribution in [0.2, 0.25) is 0 Å². The van der Waals surface area contributed by atoms with E-state index in [-0.39, 0.29) is 38.6 Å². The molecule has 79 heavy (non-hydrogen) atoms. The lowest BCUT2D eigenvalue weighted by molar-refractivity contribution is -0.870. The summed E-state index contributed by atoms with van der Waals surface area (Å²) in [4.78, 5) is 37.3. The maximum absolute atomic E-state index is 12.9. The Morgan fingerprint density at radius 2 is 0.722 bits per heavy atom. The quantitative estimate of drug-likeness (QED) is 0.0195. The highest BCUT2D eigenvalue weighted by atomic mass is 16.7. The molecule has 0 aromatic rings. The fourth-order valence-corrected chi connectivity index (χ4v) is 8.09. The molecule has 2 unspecified atom stereocenters. The van der Waals surface area contributed by atoms with Crippen LogP contribution < -0.4 is 5.11 Å². The summed E-state index contributed by atoms with van der Waals surface area (Å²) in [5, 5.41) is 11.8. The second-order valence-electron chi connectivity index (χ2n) is 21.6. The molecule has 0 radical (unpaired) electrons. The number of allylic oxidation sites excluding steroid dienone is 22. The maximum Gasteiger partial charge on any atom is 0.306 e. The summed E-state index contributed by atoms with van der Waals surface area (Å²) in [5.74, 6) is -2.33. The largest absolute Gasteiger partial charge is 0.545 e. The van der Waals surface area contributed by atoms with Gasteiger partial charge in [-0.1, -0.05) is 237 Å². The average molecular weight is 1100 g/mol. The van der Waals surface area contributed by atoms with Crippen molar-refractivity contribution in [3.8, 4) is 0 Å². The van der Waals surface area contributed by atoms with Crippen LogP contribution in [0.1, 0.15) is 232 Å². The Balaban J connectivity index is 4.30. The van der Waals surface area contributed by atoms with Gasteiger partial charge in [0.05, 0.1) is 40.3 Å². The molecule has 0 aromatic carbocycles. The number of carboxylic acid groups (broad SMARTS) is 1. The number of hydrogen-bond acceptors (Lipinski definition) is 8. The zero-order valence-electron chi connectivity index (χ0n) is 50.9. The van der Waals surface area contributed by atoms with Gasteiger partial charge in [0, 0.05) is 12.8 Å². The number of aliphatic carboxylic acids is 1. The molecule has 2 atom stereocenters. The molecule has 9 heteroatoms. The van der Waals surface area contributed by atoms with Gasteiger partial charge in [-0.05, 0) is 116 Å². The number of nitrogens with zero attached hydrogens (tertiary/aromatic N) is 1. The summed E-state index contributed by atoms with van der Waals surface area (Å²) >= 11 is 0. The van der Waals surface area contributed by atoms with Gasteiger partial charge in [0.1, 0.15) is 13.2 Å². The Kier molecular flexibility index (Phi) is 56.1. The number of esters is 2. The fraction of sp³-hybridized carbons (Fsp3) is 0.643. The van der Waals surface area contributed by atoms with E-state index in [9.17, 15) is 19.5 Å². The fourth-order valence-electron chi connectivity index (χ4n) is 8.09. The Morgan fingerprint density at radius 3 is 1.09 bits per heavy atom. The molecule has 0 saturated heterocycles. The Hall–Kier alpha value is -4.57. The molecule has 0 heterocycles. The number of carbonyl (C=O) groups excluding carboxylic acids is 3. The molecular formula is C70H115NO8. The summed E-state index contributed by atoms with van der Waals surface area (Å²) in [5.41, 5.74) is 0. The summed E-state index contributed by atoms with van der Waals surface area (Å²) < 4.78 is 22.7. The maximum atomic E-state index is 12.9. The second-order valence-corrected chi connectivity index (χ2v) is 21.6. The van der Waals surface area contributed by atoms with Gasteiger partial charge in [0.25, 0.3) is 0 Å². The van der Waals surface area contributed by atoms with Gasteiger partial charge in [0.2, 0.25) is 0 Å². The monoisotopic (exact) mass is 1100 g/mol. The van der Waals surface area contributed by atoms with Crippen molar-refractivity contribution in [2.24, 2.45) is 0 Å². The molecule has 0 saturated carbocycles. The van der Waals surface area contributed by atoms with Gasteiger partial charge in [-0.3, -0.25) is 9.59 Å². The van der Waals surface area contributed by atoms with Crippen molar-refractivity contribution in [1.82, 2.24) is 0 Å². The van der Waals surface area contributed by atoms with E-state index in [1.807, 2.05) is 21.1 Å². The minimum Gasteiger partial charge on any atom is -0.545 e. The first-order valence-corrected chi connectivity index (χ1v) is 31.3. The predicted octanol–water partition coefficient (Wildman–Crippen LogP) is 17.7. The molecular weight excluding hydrogens is 983 g/mol. The third-order valence-corrected chi connectivity index (χ3v) is 12.9. The minimum atomic E-state index is -1.64. The van der Waals surface area contributed by atoms with E-state index in [1.54, 1.807) is 0 Å². The molecule has 0 aliphatic carbocycles. The van der Waals surface area contributed by atoms with Crippen molar-refractivity contribution in [3.63, 3.8) is 0 Å². The number of rotatable bonds is 56. The lowest BCUT2D eigenvalue weighted by Gasteiger charge is -2.26. The number of carboxylic acids is 1. The number of hydrogen-bond donors (Lipinski definition) is 0. The Morgan fingerprint density at radius 1 is 0.392 bits per heavy atom.